The van der Waals surface area contributed by atoms with E-state index in [2.05, 4.69) is 43.7 Å². The Hall–Kier alpha value is -1.14. The van der Waals surface area contributed by atoms with Crippen LogP contribution in [0, 0.1) is 0 Å². The Balaban J connectivity index is 2.36. The van der Waals surface area contributed by atoms with Crippen LogP contribution in [0.5, 0.6) is 0 Å². The second-order valence-corrected chi connectivity index (χ2v) is 11.8. The molecule has 0 amide bonds. The summed E-state index contributed by atoms with van der Waals surface area (Å²) in [4.78, 5) is 2.16. The van der Waals surface area contributed by atoms with Gasteiger partial charge in [-0.15, -0.1) is 0 Å². The number of nitrogens with one attached hydrogen (secondary N) is 1. The van der Waals surface area contributed by atoms with Crippen LogP contribution in [0.2, 0.25) is 0 Å². The van der Waals surface area contributed by atoms with Crippen LogP contribution in [0.15, 0.2) is 52.3 Å². The molecule has 1 atom stereocenters. The van der Waals surface area contributed by atoms with Gasteiger partial charge in [0.15, 0.2) is 0 Å². The third-order valence-corrected chi connectivity index (χ3v) is 6.99. The van der Waals surface area contributed by atoms with Crippen LogP contribution in [0.25, 0.3) is 0 Å². The van der Waals surface area contributed by atoms with Crippen molar-refractivity contribution in [2.45, 2.75) is 74.6 Å². The molecule has 0 bridgehead atoms. The molecule has 0 saturated heterocycles. The third kappa shape index (κ3) is 6.18. The van der Waals surface area contributed by atoms with Crippen LogP contribution < -0.4 is 4.72 Å². The molecule has 0 saturated carbocycles. The first-order valence-corrected chi connectivity index (χ1v) is 11.1. The first-order chi connectivity index (χ1) is 12.5. The molecule has 0 fully saturated rings. The van der Waals surface area contributed by atoms with E-state index in [0.29, 0.717) is 6.54 Å². The average Bonchev–Trinajstić information content (AvgIpc) is 2.59. The molecular formula is C22H31NO2S2. The summed E-state index contributed by atoms with van der Waals surface area (Å²) in [5.74, 6) is 0. The largest absolute Gasteiger partial charge is 0.392 e. The third-order valence-electron chi connectivity index (χ3n) is 4.24. The number of hydrogen-bond donors (Lipinski definition) is 2. The summed E-state index contributed by atoms with van der Waals surface area (Å²) in [6, 6.07) is 14.4. The van der Waals surface area contributed by atoms with Crippen LogP contribution in [-0.4, -0.2) is 14.1 Å². The van der Waals surface area contributed by atoms with Crippen molar-refractivity contribution in [1.29, 1.82) is 0 Å². The predicted octanol–water partition coefficient (Wildman–Crippen LogP) is 5.18. The number of aliphatic hydroxyl groups is 1. The molecule has 0 radical (unpaired) electrons. The lowest BCUT2D eigenvalue weighted by molar-refractivity contribution is 0.279. The van der Waals surface area contributed by atoms with Crippen LogP contribution in [0.1, 0.15) is 58.2 Å². The van der Waals surface area contributed by atoms with Gasteiger partial charge in [-0.3, -0.25) is 0 Å². The Labute approximate surface area is 170 Å². The lowest BCUT2D eigenvalue weighted by Crippen LogP contribution is -2.33. The number of rotatable bonds is 6. The molecule has 5 heteroatoms. The van der Waals surface area contributed by atoms with Crippen molar-refractivity contribution in [3.05, 3.63) is 59.2 Å². The fourth-order valence-corrected chi connectivity index (χ4v) is 4.26. The minimum atomic E-state index is -1.13. The van der Waals surface area contributed by atoms with Crippen molar-refractivity contribution in [1.82, 2.24) is 4.72 Å². The Morgan fingerprint density at radius 3 is 2.19 bits per heavy atom. The van der Waals surface area contributed by atoms with Crippen LogP contribution in [-0.2, 0) is 29.6 Å². The summed E-state index contributed by atoms with van der Waals surface area (Å²) < 4.78 is 15.3. The van der Waals surface area contributed by atoms with Crippen molar-refractivity contribution in [3.8, 4) is 0 Å². The molecule has 0 aliphatic heterocycles. The normalized spacial score (nSPS) is 13.6. The molecular weight excluding hydrogens is 374 g/mol. The first kappa shape index (κ1) is 22.2. The molecule has 0 aromatic heterocycles. The smallest absolute Gasteiger partial charge is 0.0973 e. The second kappa shape index (κ2) is 8.91. The monoisotopic (exact) mass is 405 g/mol. The summed E-state index contributed by atoms with van der Waals surface area (Å²) in [5.41, 5.74) is 3.34. The molecule has 0 aliphatic carbocycles. The lowest BCUT2D eigenvalue weighted by Gasteiger charge is -2.23. The highest BCUT2D eigenvalue weighted by atomic mass is 32.2. The summed E-state index contributed by atoms with van der Waals surface area (Å²) in [6.45, 7) is 13.0. The topological polar surface area (TPSA) is 49.3 Å². The van der Waals surface area contributed by atoms with E-state index >= 15 is 0 Å². The van der Waals surface area contributed by atoms with Gasteiger partial charge in [-0.05, 0) is 55.0 Å². The van der Waals surface area contributed by atoms with Gasteiger partial charge < -0.3 is 5.11 Å². The van der Waals surface area contributed by atoms with Crippen molar-refractivity contribution < 1.29 is 9.32 Å². The van der Waals surface area contributed by atoms with Crippen LogP contribution >= 0.6 is 11.8 Å². The maximum absolute atomic E-state index is 12.4. The van der Waals surface area contributed by atoms with Gasteiger partial charge in [0.1, 0.15) is 0 Å². The number of aliphatic hydroxyl groups excluding tert-OH is 1. The predicted molar refractivity (Wildman–Crippen MR) is 116 cm³/mol. The van der Waals surface area contributed by atoms with Crippen molar-refractivity contribution in [3.63, 3.8) is 0 Å². The second-order valence-electron chi connectivity index (χ2n) is 8.64. The molecule has 148 valence electrons. The van der Waals surface area contributed by atoms with E-state index in [1.807, 2.05) is 45.0 Å². The summed E-state index contributed by atoms with van der Waals surface area (Å²) >= 11 is 1.64. The van der Waals surface area contributed by atoms with E-state index in [-0.39, 0.29) is 16.8 Å². The number of benzene rings is 2. The molecule has 1 unspecified atom stereocenters. The maximum Gasteiger partial charge on any atom is 0.0973 e. The van der Waals surface area contributed by atoms with Gasteiger partial charge in [-0.25, -0.2) is 8.93 Å². The highest BCUT2D eigenvalue weighted by molar-refractivity contribution is 7.99. The Kier molecular flexibility index (Phi) is 7.31. The first-order valence-electron chi connectivity index (χ1n) is 9.18. The van der Waals surface area contributed by atoms with E-state index in [1.165, 1.54) is 5.56 Å². The van der Waals surface area contributed by atoms with E-state index in [1.54, 1.807) is 11.8 Å². The quantitative estimate of drug-likeness (QED) is 0.696. The Morgan fingerprint density at radius 2 is 1.59 bits per heavy atom. The average molecular weight is 406 g/mol. The van der Waals surface area contributed by atoms with E-state index in [4.69, 9.17) is 0 Å². The maximum atomic E-state index is 12.4. The summed E-state index contributed by atoms with van der Waals surface area (Å²) in [5, 5.41) is 9.62. The van der Waals surface area contributed by atoms with Gasteiger partial charge in [0, 0.05) is 16.3 Å². The molecule has 0 spiro atoms. The van der Waals surface area contributed by atoms with Gasteiger partial charge >= 0.3 is 0 Å². The Bertz CT molecular complexity index is 805. The number of hydrogen-bond acceptors (Lipinski definition) is 3. The summed E-state index contributed by atoms with van der Waals surface area (Å²) in [6.07, 6.45) is 0. The minimum absolute atomic E-state index is 0.0187. The van der Waals surface area contributed by atoms with E-state index in [0.717, 1.165) is 20.9 Å². The zero-order valence-electron chi connectivity index (χ0n) is 17.1. The molecule has 0 aliphatic rings. The van der Waals surface area contributed by atoms with E-state index < -0.39 is 11.0 Å². The van der Waals surface area contributed by atoms with E-state index in [9.17, 15) is 9.32 Å². The molecule has 2 rings (SSSR count). The van der Waals surface area contributed by atoms with Gasteiger partial charge in [0.2, 0.25) is 0 Å². The van der Waals surface area contributed by atoms with Gasteiger partial charge in [0.25, 0.3) is 0 Å². The molecule has 2 N–H and O–H groups in total. The fourth-order valence-electron chi connectivity index (χ4n) is 2.50. The molecule has 2 aromatic carbocycles. The van der Waals surface area contributed by atoms with Crippen LogP contribution in [0.4, 0.5) is 0 Å². The molecule has 2 aromatic rings. The van der Waals surface area contributed by atoms with Gasteiger partial charge in [-0.1, -0.05) is 62.9 Å². The molecule has 0 heterocycles. The summed E-state index contributed by atoms with van der Waals surface area (Å²) in [7, 11) is -1.13. The highest BCUT2D eigenvalue weighted by Gasteiger charge is 2.21. The highest BCUT2D eigenvalue weighted by Crippen LogP contribution is 2.35. The fraction of sp³-hybridized carbons (Fsp3) is 0.455. The van der Waals surface area contributed by atoms with Crippen molar-refractivity contribution in [2.24, 2.45) is 0 Å². The molecule has 3 nitrogen and oxygen atoms in total. The van der Waals surface area contributed by atoms with Crippen LogP contribution in [0.3, 0.4) is 0 Å². The lowest BCUT2D eigenvalue weighted by atomic mass is 9.86. The van der Waals surface area contributed by atoms with Gasteiger partial charge in [0.05, 0.1) is 22.3 Å². The van der Waals surface area contributed by atoms with Gasteiger partial charge in [-0.2, -0.15) is 0 Å². The standard InChI is InChI=1S/C22H31NO2S2/c1-21(2,3)18-11-12-20(26-19-10-8-7-9-16(19)15-24)17(13-18)14-23-27(25)22(4,5)6/h7-13,23-24H,14-15H2,1-6H3. The SMILES string of the molecule is CC(C)(C)c1ccc(Sc2ccccc2CO)c(CNS(=O)C(C)(C)C)c1. The zero-order chi connectivity index (χ0) is 20.2. The zero-order valence-corrected chi connectivity index (χ0v) is 18.8. The minimum Gasteiger partial charge on any atom is -0.392 e. The van der Waals surface area contributed by atoms with Crippen molar-refractivity contribution in [2.75, 3.05) is 0 Å². The Morgan fingerprint density at radius 1 is 0.963 bits per heavy atom. The molecule has 27 heavy (non-hydrogen) atoms. The van der Waals surface area contributed by atoms with Crippen molar-refractivity contribution >= 4 is 22.7 Å².